The molecule has 1 amide bonds. The highest BCUT2D eigenvalue weighted by atomic mass is 19.1. The number of nitrogens with two attached hydrogens (primary N) is 2. The molecule has 0 fully saturated rings. The van der Waals surface area contributed by atoms with E-state index in [1.165, 1.54) is 18.2 Å². The first-order valence-corrected chi connectivity index (χ1v) is 6.08. The van der Waals surface area contributed by atoms with Crippen LogP contribution < -0.4 is 11.5 Å². The van der Waals surface area contributed by atoms with Crippen molar-refractivity contribution in [2.24, 2.45) is 5.73 Å². The number of benzene rings is 2. The number of rotatable bonds is 4. The molecular formula is C15H13FN2O3. The largest absolute Gasteiger partial charge is 0.457 e. The molecule has 2 aromatic carbocycles. The summed E-state index contributed by atoms with van der Waals surface area (Å²) in [5.74, 6) is -2.00. The highest BCUT2D eigenvalue weighted by molar-refractivity contribution is 5.93. The molecule has 2 aromatic rings. The fourth-order valence-electron chi connectivity index (χ4n) is 1.71. The van der Waals surface area contributed by atoms with E-state index in [9.17, 15) is 14.0 Å². The van der Waals surface area contributed by atoms with E-state index in [0.29, 0.717) is 5.69 Å². The van der Waals surface area contributed by atoms with Crippen molar-refractivity contribution in [2.75, 3.05) is 5.73 Å². The van der Waals surface area contributed by atoms with Crippen LogP contribution in [0.15, 0.2) is 42.5 Å². The lowest BCUT2D eigenvalue weighted by molar-refractivity contribution is 0.0468. The monoisotopic (exact) mass is 288 g/mol. The second-order valence-electron chi connectivity index (χ2n) is 4.37. The van der Waals surface area contributed by atoms with Crippen molar-refractivity contribution < 1.29 is 18.7 Å². The average molecular weight is 288 g/mol. The smallest absolute Gasteiger partial charge is 0.338 e. The number of halogens is 1. The van der Waals surface area contributed by atoms with E-state index in [4.69, 9.17) is 16.2 Å². The van der Waals surface area contributed by atoms with Crippen molar-refractivity contribution in [3.63, 3.8) is 0 Å². The Labute approximate surface area is 120 Å². The highest BCUT2D eigenvalue weighted by Gasteiger charge is 2.11. The molecule has 0 saturated heterocycles. The van der Waals surface area contributed by atoms with Crippen LogP contribution in [0.3, 0.4) is 0 Å². The van der Waals surface area contributed by atoms with Crippen molar-refractivity contribution in [3.8, 4) is 0 Å². The number of carbonyl (C=O) groups excluding carboxylic acids is 2. The van der Waals surface area contributed by atoms with Gasteiger partial charge in [-0.15, -0.1) is 0 Å². The minimum atomic E-state index is -0.725. The van der Waals surface area contributed by atoms with Crippen molar-refractivity contribution in [1.82, 2.24) is 0 Å². The normalized spacial score (nSPS) is 10.1. The first-order chi connectivity index (χ1) is 9.97. The third kappa shape index (κ3) is 3.56. The fraction of sp³-hybridized carbons (Fsp3) is 0.0667. The van der Waals surface area contributed by atoms with Gasteiger partial charge in [0.1, 0.15) is 12.4 Å². The van der Waals surface area contributed by atoms with Crippen molar-refractivity contribution in [1.29, 1.82) is 0 Å². The Bertz CT molecular complexity index is 701. The van der Waals surface area contributed by atoms with Crippen LogP contribution in [0.1, 0.15) is 26.3 Å². The molecular weight excluding hydrogens is 275 g/mol. The Morgan fingerprint density at radius 2 is 1.86 bits per heavy atom. The van der Waals surface area contributed by atoms with E-state index < -0.39 is 17.7 Å². The summed E-state index contributed by atoms with van der Waals surface area (Å²) in [4.78, 5) is 22.7. The predicted molar refractivity (Wildman–Crippen MR) is 74.9 cm³/mol. The molecule has 0 aliphatic carbocycles. The second kappa shape index (κ2) is 6.04. The number of ether oxygens (including phenoxy) is 1. The molecule has 6 heteroatoms. The first kappa shape index (κ1) is 14.5. The molecule has 2 rings (SSSR count). The van der Waals surface area contributed by atoms with Crippen LogP contribution in [-0.2, 0) is 11.3 Å². The molecule has 21 heavy (non-hydrogen) atoms. The van der Waals surface area contributed by atoms with Gasteiger partial charge in [-0.2, -0.15) is 0 Å². The summed E-state index contributed by atoms with van der Waals surface area (Å²) in [6.45, 7) is -0.251. The number of hydrogen-bond donors (Lipinski definition) is 2. The zero-order valence-electron chi connectivity index (χ0n) is 11.0. The Morgan fingerprint density at radius 3 is 2.48 bits per heavy atom. The molecule has 0 radical (unpaired) electrons. The number of amides is 1. The molecule has 0 spiro atoms. The summed E-state index contributed by atoms with van der Waals surface area (Å²) < 4.78 is 18.7. The summed E-state index contributed by atoms with van der Waals surface area (Å²) >= 11 is 0. The number of anilines is 1. The number of hydrogen-bond acceptors (Lipinski definition) is 4. The van der Waals surface area contributed by atoms with Gasteiger partial charge in [-0.3, -0.25) is 4.79 Å². The first-order valence-electron chi connectivity index (χ1n) is 6.08. The van der Waals surface area contributed by atoms with Gasteiger partial charge in [0.2, 0.25) is 5.91 Å². The van der Waals surface area contributed by atoms with Gasteiger partial charge in [0.15, 0.2) is 0 Å². The number of carbonyl (C=O) groups is 2. The van der Waals surface area contributed by atoms with E-state index in [1.807, 2.05) is 0 Å². The zero-order chi connectivity index (χ0) is 15.4. The Balaban J connectivity index is 2.06. The van der Waals surface area contributed by atoms with Gasteiger partial charge >= 0.3 is 5.97 Å². The van der Waals surface area contributed by atoms with Gasteiger partial charge in [0.25, 0.3) is 0 Å². The van der Waals surface area contributed by atoms with Crippen LogP contribution in [0, 0.1) is 5.82 Å². The number of nitrogen functional groups attached to an aromatic ring is 1. The number of esters is 1. The molecule has 5 nitrogen and oxygen atoms in total. The van der Waals surface area contributed by atoms with E-state index in [2.05, 4.69) is 0 Å². The predicted octanol–water partition coefficient (Wildman–Crippen LogP) is 1.86. The second-order valence-corrected chi connectivity index (χ2v) is 4.37. The molecule has 0 atom stereocenters. The van der Waals surface area contributed by atoms with Gasteiger partial charge in [0.05, 0.1) is 5.56 Å². The van der Waals surface area contributed by atoms with Crippen LogP contribution in [0.4, 0.5) is 10.1 Å². The van der Waals surface area contributed by atoms with Gasteiger partial charge < -0.3 is 16.2 Å². The third-order valence-electron chi connectivity index (χ3n) is 2.82. The Hall–Kier alpha value is -2.89. The van der Waals surface area contributed by atoms with Crippen LogP contribution in [0.5, 0.6) is 0 Å². The molecule has 0 bridgehead atoms. The van der Waals surface area contributed by atoms with Gasteiger partial charge in [-0.25, -0.2) is 9.18 Å². The van der Waals surface area contributed by atoms with E-state index >= 15 is 0 Å². The Kier molecular flexibility index (Phi) is 4.18. The molecule has 4 N–H and O–H groups in total. The standard InChI is InChI=1S/C15H13FN2O3/c16-13-7-9(14(18)19)4-5-11(13)8-21-15(20)10-2-1-3-12(17)6-10/h1-7H,8,17H2,(H2,18,19). The molecule has 0 heterocycles. The van der Waals surface area contributed by atoms with Crippen LogP contribution in [-0.4, -0.2) is 11.9 Å². The summed E-state index contributed by atoms with van der Waals surface area (Å²) in [6.07, 6.45) is 0. The quantitative estimate of drug-likeness (QED) is 0.663. The van der Waals surface area contributed by atoms with Crippen LogP contribution in [0.2, 0.25) is 0 Å². The van der Waals surface area contributed by atoms with Crippen molar-refractivity contribution in [2.45, 2.75) is 6.61 Å². The maximum atomic E-state index is 13.7. The topological polar surface area (TPSA) is 95.4 Å². The molecule has 0 aromatic heterocycles. The van der Waals surface area contributed by atoms with Crippen LogP contribution in [0.25, 0.3) is 0 Å². The average Bonchev–Trinajstić information content (AvgIpc) is 2.45. The maximum Gasteiger partial charge on any atom is 0.338 e. The third-order valence-corrected chi connectivity index (χ3v) is 2.82. The highest BCUT2D eigenvalue weighted by Crippen LogP contribution is 2.13. The van der Waals surface area contributed by atoms with E-state index in [0.717, 1.165) is 6.07 Å². The summed E-state index contributed by atoms with van der Waals surface area (Å²) in [5, 5.41) is 0. The molecule has 108 valence electrons. The van der Waals surface area contributed by atoms with E-state index in [-0.39, 0.29) is 23.3 Å². The molecule has 0 unspecified atom stereocenters. The fourth-order valence-corrected chi connectivity index (χ4v) is 1.71. The molecule has 0 aliphatic heterocycles. The minimum Gasteiger partial charge on any atom is -0.457 e. The lowest BCUT2D eigenvalue weighted by Gasteiger charge is -2.07. The molecule has 0 aliphatic rings. The van der Waals surface area contributed by atoms with Crippen molar-refractivity contribution >= 4 is 17.6 Å². The maximum absolute atomic E-state index is 13.7. The van der Waals surface area contributed by atoms with Crippen molar-refractivity contribution in [3.05, 3.63) is 65.0 Å². The SMILES string of the molecule is NC(=O)c1ccc(COC(=O)c2cccc(N)c2)c(F)c1. The zero-order valence-corrected chi connectivity index (χ0v) is 11.0. The van der Waals surface area contributed by atoms with Gasteiger partial charge in [0, 0.05) is 16.8 Å². The van der Waals surface area contributed by atoms with E-state index in [1.54, 1.807) is 18.2 Å². The summed E-state index contributed by atoms with van der Waals surface area (Å²) in [7, 11) is 0. The van der Waals surface area contributed by atoms with Gasteiger partial charge in [-0.1, -0.05) is 12.1 Å². The lowest BCUT2D eigenvalue weighted by atomic mass is 10.1. The molecule has 0 saturated carbocycles. The number of primary amides is 1. The van der Waals surface area contributed by atoms with Crippen LogP contribution >= 0.6 is 0 Å². The lowest BCUT2D eigenvalue weighted by Crippen LogP contribution is -2.12. The minimum absolute atomic E-state index is 0.0541. The summed E-state index contributed by atoms with van der Waals surface area (Å²) in [5.41, 5.74) is 11.5. The summed E-state index contributed by atoms with van der Waals surface area (Å²) in [6, 6.07) is 10.00. The van der Waals surface area contributed by atoms with Gasteiger partial charge in [-0.05, 0) is 30.3 Å². The Morgan fingerprint density at radius 1 is 1.10 bits per heavy atom.